The lowest BCUT2D eigenvalue weighted by Gasteiger charge is -2.26. The predicted octanol–water partition coefficient (Wildman–Crippen LogP) is 16.0. The number of hydrogen-bond donors (Lipinski definition) is 0. The number of furan rings is 1. The van der Waals surface area contributed by atoms with E-state index in [1.807, 2.05) is 0 Å². The van der Waals surface area contributed by atoms with Crippen molar-refractivity contribution in [2.24, 2.45) is 0 Å². The van der Waals surface area contributed by atoms with Crippen LogP contribution in [0.3, 0.4) is 0 Å². The maximum absolute atomic E-state index is 7.17. The van der Waals surface area contributed by atoms with Gasteiger partial charge in [-0.05, 0) is 96.9 Å². The molecule has 0 saturated heterocycles. The normalized spacial score (nSPS) is 11.4. The van der Waals surface area contributed by atoms with E-state index in [2.05, 4.69) is 229 Å². The van der Waals surface area contributed by atoms with E-state index in [9.17, 15) is 0 Å². The molecule has 0 aliphatic rings. The number of hydrogen-bond acceptors (Lipinski definition) is 2. The Hall–Kier alpha value is -7.68. The van der Waals surface area contributed by atoms with E-state index in [1.54, 1.807) is 0 Å². The molecule has 10 aromatic carbocycles. The second-order valence-electron chi connectivity index (χ2n) is 14.9. The van der Waals surface area contributed by atoms with Gasteiger partial charge >= 0.3 is 0 Å². The standard InChI is InChI=1S/C56H37NO/c1-4-13-38(14-5-1)39-25-30-46(31-26-39)57(47-32-27-40(28-33-47)44-29-34-49-45(37-44)24-23-43-19-10-11-20-48(43)49)53-36-35-50(41-15-6-2-7-16-41)54-52-22-12-21-51(55(52)58-56(53)54)42-17-8-3-9-18-42/h1-37H. The molecule has 1 heterocycles. The molecule has 2 nitrogen and oxygen atoms in total. The number of fused-ring (bicyclic) bond motifs is 6. The van der Waals surface area contributed by atoms with Gasteiger partial charge < -0.3 is 9.32 Å². The average Bonchev–Trinajstić information content (AvgIpc) is 3.71. The van der Waals surface area contributed by atoms with Crippen molar-refractivity contribution < 1.29 is 4.42 Å². The smallest absolute Gasteiger partial charge is 0.160 e. The molecule has 0 spiro atoms. The van der Waals surface area contributed by atoms with Gasteiger partial charge in [-0.15, -0.1) is 0 Å². The van der Waals surface area contributed by atoms with E-state index in [1.165, 1.54) is 43.8 Å². The van der Waals surface area contributed by atoms with Gasteiger partial charge in [0, 0.05) is 27.7 Å². The van der Waals surface area contributed by atoms with Gasteiger partial charge in [0.25, 0.3) is 0 Å². The summed E-state index contributed by atoms with van der Waals surface area (Å²) in [5.41, 5.74) is 14.0. The van der Waals surface area contributed by atoms with Gasteiger partial charge in [0.15, 0.2) is 5.58 Å². The molecular formula is C56H37NO. The molecule has 0 unspecified atom stereocenters. The highest BCUT2D eigenvalue weighted by Gasteiger charge is 2.23. The maximum Gasteiger partial charge on any atom is 0.160 e. The van der Waals surface area contributed by atoms with Gasteiger partial charge in [0.05, 0.1) is 5.69 Å². The van der Waals surface area contributed by atoms with Crippen LogP contribution in [-0.2, 0) is 0 Å². The van der Waals surface area contributed by atoms with Crippen molar-refractivity contribution >= 4 is 60.5 Å². The summed E-state index contributed by atoms with van der Waals surface area (Å²) in [4.78, 5) is 2.34. The topological polar surface area (TPSA) is 16.4 Å². The molecule has 0 atom stereocenters. The van der Waals surface area contributed by atoms with Crippen LogP contribution in [0.1, 0.15) is 0 Å². The Balaban J connectivity index is 1.10. The molecule has 272 valence electrons. The average molecular weight is 740 g/mol. The first-order chi connectivity index (χ1) is 28.8. The molecule has 11 rings (SSSR count). The molecular weight excluding hydrogens is 703 g/mol. The number of nitrogens with zero attached hydrogens (tertiary/aromatic N) is 1. The molecule has 0 radical (unpaired) electrons. The summed E-state index contributed by atoms with van der Waals surface area (Å²) in [5.74, 6) is 0. The highest BCUT2D eigenvalue weighted by atomic mass is 16.3. The molecule has 58 heavy (non-hydrogen) atoms. The molecule has 0 aliphatic carbocycles. The Kier molecular flexibility index (Phi) is 8.19. The van der Waals surface area contributed by atoms with Gasteiger partial charge in [-0.2, -0.15) is 0 Å². The number of benzene rings is 10. The monoisotopic (exact) mass is 739 g/mol. The number of para-hydroxylation sites is 1. The summed E-state index contributed by atoms with van der Waals surface area (Å²) in [5, 5.41) is 7.24. The van der Waals surface area contributed by atoms with Gasteiger partial charge in [0.1, 0.15) is 5.58 Å². The van der Waals surface area contributed by atoms with Gasteiger partial charge in [-0.1, -0.05) is 188 Å². The van der Waals surface area contributed by atoms with Crippen LogP contribution < -0.4 is 4.90 Å². The van der Waals surface area contributed by atoms with Crippen LogP contribution in [0.25, 0.3) is 88.0 Å². The third kappa shape index (κ3) is 5.82. The lowest BCUT2D eigenvalue weighted by Crippen LogP contribution is -2.10. The second kappa shape index (κ2) is 14.1. The first-order valence-corrected chi connectivity index (χ1v) is 19.8. The first kappa shape index (κ1) is 33.6. The lowest BCUT2D eigenvalue weighted by molar-refractivity contribution is 0.670. The van der Waals surface area contributed by atoms with Gasteiger partial charge in [-0.25, -0.2) is 0 Å². The van der Waals surface area contributed by atoms with Crippen molar-refractivity contribution in [3.8, 4) is 44.5 Å². The fourth-order valence-corrected chi connectivity index (χ4v) is 8.62. The first-order valence-electron chi connectivity index (χ1n) is 19.8. The zero-order valence-electron chi connectivity index (χ0n) is 31.7. The number of rotatable bonds is 7. The van der Waals surface area contributed by atoms with Crippen LogP contribution in [0.2, 0.25) is 0 Å². The highest BCUT2D eigenvalue weighted by Crippen LogP contribution is 2.48. The van der Waals surface area contributed by atoms with Gasteiger partial charge in [-0.3, -0.25) is 0 Å². The van der Waals surface area contributed by atoms with Crippen molar-refractivity contribution in [3.63, 3.8) is 0 Å². The van der Waals surface area contributed by atoms with E-state index >= 15 is 0 Å². The van der Waals surface area contributed by atoms with Crippen LogP contribution in [0.5, 0.6) is 0 Å². The molecule has 2 heteroatoms. The van der Waals surface area contributed by atoms with Gasteiger partial charge in [0.2, 0.25) is 0 Å². The Morgan fingerprint density at radius 1 is 0.293 bits per heavy atom. The molecule has 0 bridgehead atoms. The molecule has 11 aromatic rings. The largest absolute Gasteiger partial charge is 0.453 e. The quantitative estimate of drug-likeness (QED) is 0.151. The van der Waals surface area contributed by atoms with Crippen molar-refractivity contribution in [1.82, 2.24) is 0 Å². The van der Waals surface area contributed by atoms with Crippen LogP contribution in [0, 0.1) is 0 Å². The van der Waals surface area contributed by atoms with Crippen molar-refractivity contribution in [1.29, 1.82) is 0 Å². The van der Waals surface area contributed by atoms with Crippen LogP contribution in [-0.4, -0.2) is 0 Å². The Bertz CT molecular complexity index is 3240. The van der Waals surface area contributed by atoms with Crippen molar-refractivity contribution in [3.05, 3.63) is 224 Å². The second-order valence-corrected chi connectivity index (χ2v) is 14.9. The molecule has 0 aliphatic heterocycles. The fourth-order valence-electron chi connectivity index (χ4n) is 8.62. The molecule has 0 saturated carbocycles. The maximum atomic E-state index is 7.17. The van der Waals surface area contributed by atoms with Crippen LogP contribution >= 0.6 is 0 Å². The van der Waals surface area contributed by atoms with E-state index in [4.69, 9.17) is 4.42 Å². The summed E-state index contributed by atoms with van der Waals surface area (Å²) in [6, 6.07) is 80.4. The minimum absolute atomic E-state index is 0.845. The minimum Gasteiger partial charge on any atom is -0.453 e. The minimum atomic E-state index is 0.845. The zero-order valence-corrected chi connectivity index (χ0v) is 31.7. The van der Waals surface area contributed by atoms with Crippen molar-refractivity contribution in [2.75, 3.05) is 4.90 Å². The molecule has 1 aromatic heterocycles. The summed E-state index contributed by atoms with van der Waals surface area (Å²) in [6.07, 6.45) is 0. The zero-order chi connectivity index (χ0) is 38.4. The summed E-state index contributed by atoms with van der Waals surface area (Å²) in [6.45, 7) is 0. The molecule has 0 amide bonds. The van der Waals surface area contributed by atoms with E-state index in [-0.39, 0.29) is 0 Å². The van der Waals surface area contributed by atoms with E-state index in [0.717, 1.165) is 61.3 Å². The lowest BCUT2D eigenvalue weighted by atomic mass is 9.96. The summed E-state index contributed by atoms with van der Waals surface area (Å²) < 4.78 is 7.17. The SMILES string of the molecule is c1ccc(-c2ccc(N(c3ccc(-c4ccc5c(ccc6ccccc65)c4)cc3)c3ccc(-c4ccccc4)c4c3oc3c(-c5ccccc5)cccc34)cc2)cc1. The van der Waals surface area contributed by atoms with Crippen molar-refractivity contribution in [2.45, 2.75) is 0 Å². The van der Waals surface area contributed by atoms with E-state index in [0.29, 0.717) is 0 Å². The third-order valence-corrected chi connectivity index (χ3v) is 11.5. The summed E-state index contributed by atoms with van der Waals surface area (Å²) in [7, 11) is 0. The Labute approximate surface area is 337 Å². The van der Waals surface area contributed by atoms with Crippen LogP contribution in [0.4, 0.5) is 17.1 Å². The van der Waals surface area contributed by atoms with E-state index < -0.39 is 0 Å². The Morgan fingerprint density at radius 2 is 0.810 bits per heavy atom. The molecule has 0 N–H and O–H groups in total. The predicted molar refractivity (Wildman–Crippen MR) is 245 cm³/mol. The Morgan fingerprint density at radius 3 is 1.50 bits per heavy atom. The summed E-state index contributed by atoms with van der Waals surface area (Å²) >= 11 is 0. The number of anilines is 3. The van der Waals surface area contributed by atoms with Crippen LogP contribution in [0.15, 0.2) is 229 Å². The fraction of sp³-hybridized carbons (Fsp3) is 0. The molecule has 0 fully saturated rings. The highest BCUT2D eigenvalue weighted by molar-refractivity contribution is 6.19. The third-order valence-electron chi connectivity index (χ3n) is 11.5.